The second-order valence-corrected chi connectivity index (χ2v) is 5.93. The molecule has 0 aromatic rings. The number of nitrogens with one attached hydrogen (secondary N) is 1. The van der Waals surface area contributed by atoms with Crippen molar-refractivity contribution in [2.45, 2.75) is 45.7 Å². The number of rotatable bonds is 2. The van der Waals surface area contributed by atoms with Crippen molar-refractivity contribution in [3.8, 4) is 0 Å². The van der Waals surface area contributed by atoms with Crippen LogP contribution in [-0.4, -0.2) is 23.0 Å². The SMILES string of the molecule is CC(C)C1CCSC(NC2CC2C)=N1. The van der Waals surface area contributed by atoms with Crippen molar-refractivity contribution in [1.29, 1.82) is 0 Å². The molecule has 3 heteroatoms. The molecule has 1 fully saturated rings. The van der Waals surface area contributed by atoms with Crippen LogP contribution in [0.4, 0.5) is 0 Å². The van der Waals surface area contributed by atoms with Crippen LogP contribution in [0.3, 0.4) is 0 Å². The molecule has 0 amide bonds. The Morgan fingerprint density at radius 2 is 2.21 bits per heavy atom. The van der Waals surface area contributed by atoms with Crippen LogP contribution in [0.1, 0.15) is 33.6 Å². The van der Waals surface area contributed by atoms with Crippen LogP contribution in [0, 0.1) is 11.8 Å². The normalized spacial score (nSPS) is 36.9. The molecular formula is C11H20N2S. The summed E-state index contributed by atoms with van der Waals surface area (Å²) < 4.78 is 0. The van der Waals surface area contributed by atoms with Crippen molar-refractivity contribution in [2.24, 2.45) is 16.8 Å². The molecule has 0 aromatic carbocycles. The summed E-state index contributed by atoms with van der Waals surface area (Å²) in [6.45, 7) is 6.83. The van der Waals surface area contributed by atoms with Crippen molar-refractivity contribution in [3.63, 3.8) is 0 Å². The first-order valence-corrected chi connectivity index (χ1v) is 6.62. The van der Waals surface area contributed by atoms with Gasteiger partial charge < -0.3 is 5.32 Å². The van der Waals surface area contributed by atoms with E-state index in [4.69, 9.17) is 4.99 Å². The standard InChI is InChI=1S/C11H20N2S/c1-7(2)9-4-5-14-11(12-9)13-10-6-8(10)3/h7-10H,4-6H2,1-3H3,(H,12,13). The van der Waals surface area contributed by atoms with Gasteiger partial charge in [0.1, 0.15) is 0 Å². The molecule has 80 valence electrons. The maximum Gasteiger partial charge on any atom is 0.157 e. The Bertz CT molecular complexity index is 237. The van der Waals surface area contributed by atoms with E-state index in [-0.39, 0.29) is 0 Å². The van der Waals surface area contributed by atoms with E-state index in [0.717, 1.165) is 5.92 Å². The van der Waals surface area contributed by atoms with E-state index in [0.29, 0.717) is 18.0 Å². The van der Waals surface area contributed by atoms with Gasteiger partial charge in [-0.25, -0.2) is 0 Å². The molecule has 1 N–H and O–H groups in total. The number of hydrogen-bond acceptors (Lipinski definition) is 3. The molecule has 0 aromatic heterocycles. The molecule has 1 saturated carbocycles. The van der Waals surface area contributed by atoms with Crippen molar-refractivity contribution in [2.75, 3.05) is 5.75 Å². The van der Waals surface area contributed by atoms with Gasteiger partial charge in [0.2, 0.25) is 0 Å². The van der Waals surface area contributed by atoms with Gasteiger partial charge in [0.15, 0.2) is 5.17 Å². The van der Waals surface area contributed by atoms with Crippen LogP contribution >= 0.6 is 11.8 Å². The molecular weight excluding hydrogens is 192 g/mol. The van der Waals surface area contributed by atoms with Gasteiger partial charge >= 0.3 is 0 Å². The molecule has 3 unspecified atom stereocenters. The topological polar surface area (TPSA) is 24.4 Å². The number of thioether (sulfide) groups is 1. The molecule has 3 atom stereocenters. The van der Waals surface area contributed by atoms with Gasteiger partial charge in [-0.15, -0.1) is 0 Å². The first-order valence-electron chi connectivity index (χ1n) is 5.64. The molecule has 2 aliphatic rings. The lowest BCUT2D eigenvalue weighted by Gasteiger charge is -2.23. The fourth-order valence-corrected chi connectivity index (χ4v) is 2.77. The number of amidine groups is 1. The van der Waals surface area contributed by atoms with E-state index < -0.39 is 0 Å². The highest BCUT2D eigenvalue weighted by Crippen LogP contribution is 2.31. The third kappa shape index (κ3) is 2.44. The summed E-state index contributed by atoms with van der Waals surface area (Å²) in [7, 11) is 0. The highest BCUT2D eigenvalue weighted by Gasteiger charge is 2.34. The quantitative estimate of drug-likeness (QED) is 0.760. The Balaban J connectivity index is 1.90. The number of hydrogen-bond donors (Lipinski definition) is 1. The zero-order valence-electron chi connectivity index (χ0n) is 9.29. The van der Waals surface area contributed by atoms with Gasteiger partial charge in [0.25, 0.3) is 0 Å². The molecule has 0 radical (unpaired) electrons. The molecule has 2 nitrogen and oxygen atoms in total. The summed E-state index contributed by atoms with van der Waals surface area (Å²) in [5, 5.41) is 4.74. The predicted octanol–water partition coefficient (Wildman–Crippen LogP) is 2.50. The lowest BCUT2D eigenvalue weighted by atomic mass is 10.0. The first kappa shape index (κ1) is 10.3. The molecule has 0 bridgehead atoms. The summed E-state index contributed by atoms with van der Waals surface area (Å²) in [6, 6.07) is 1.26. The average Bonchev–Trinajstić information content (AvgIpc) is 2.82. The van der Waals surface area contributed by atoms with E-state index in [2.05, 4.69) is 26.1 Å². The van der Waals surface area contributed by atoms with Crippen LogP contribution in [0.25, 0.3) is 0 Å². The summed E-state index contributed by atoms with van der Waals surface area (Å²) in [6.07, 6.45) is 2.57. The minimum atomic E-state index is 0.549. The van der Waals surface area contributed by atoms with Crippen LogP contribution < -0.4 is 5.32 Å². The first-order chi connectivity index (χ1) is 6.66. The van der Waals surface area contributed by atoms with Gasteiger partial charge in [-0.2, -0.15) is 0 Å². The highest BCUT2D eigenvalue weighted by atomic mass is 32.2. The molecule has 14 heavy (non-hydrogen) atoms. The van der Waals surface area contributed by atoms with Crippen molar-refractivity contribution >= 4 is 16.9 Å². The van der Waals surface area contributed by atoms with E-state index >= 15 is 0 Å². The minimum Gasteiger partial charge on any atom is -0.362 e. The molecule has 0 spiro atoms. The fourth-order valence-electron chi connectivity index (χ4n) is 1.77. The summed E-state index contributed by atoms with van der Waals surface area (Å²) in [5.74, 6) is 2.78. The Kier molecular flexibility index (Phi) is 3.05. The molecule has 2 rings (SSSR count). The van der Waals surface area contributed by atoms with Gasteiger partial charge in [-0.3, -0.25) is 4.99 Å². The fraction of sp³-hybridized carbons (Fsp3) is 0.909. The Morgan fingerprint density at radius 1 is 1.50 bits per heavy atom. The Morgan fingerprint density at radius 3 is 2.79 bits per heavy atom. The monoisotopic (exact) mass is 212 g/mol. The van der Waals surface area contributed by atoms with E-state index in [1.54, 1.807) is 0 Å². The van der Waals surface area contributed by atoms with E-state index in [9.17, 15) is 0 Å². The van der Waals surface area contributed by atoms with Gasteiger partial charge in [0, 0.05) is 11.8 Å². The van der Waals surface area contributed by atoms with Gasteiger partial charge in [0.05, 0.1) is 6.04 Å². The van der Waals surface area contributed by atoms with Crippen molar-refractivity contribution in [3.05, 3.63) is 0 Å². The second-order valence-electron chi connectivity index (χ2n) is 4.85. The zero-order valence-corrected chi connectivity index (χ0v) is 10.1. The minimum absolute atomic E-state index is 0.549. The van der Waals surface area contributed by atoms with Crippen molar-refractivity contribution in [1.82, 2.24) is 5.32 Å². The lowest BCUT2D eigenvalue weighted by Crippen LogP contribution is -2.30. The van der Waals surface area contributed by atoms with Gasteiger partial charge in [-0.1, -0.05) is 32.5 Å². The van der Waals surface area contributed by atoms with Gasteiger partial charge in [-0.05, 0) is 24.7 Å². The lowest BCUT2D eigenvalue weighted by molar-refractivity contribution is 0.482. The number of aliphatic imine (C=N–C) groups is 1. The summed E-state index contributed by atoms with van der Waals surface area (Å²) >= 11 is 1.89. The molecule has 1 heterocycles. The van der Waals surface area contributed by atoms with Crippen LogP contribution in [-0.2, 0) is 0 Å². The van der Waals surface area contributed by atoms with Crippen LogP contribution in [0.5, 0.6) is 0 Å². The van der Waals surface area contributed by atoms with Crippen LogP contribution in [0.2, 0.25) is 0 Å². The third-order valence-corrected chi connectivity index (χ3v) is 4.06. The predicted molar refractivity (Wildman–Crippen MR) is 63.8 cm³/mol. The highest BCUT2D eigenvalue weighted by molar-refractivity contribution is 8.13. The third-order valence-electron chi connectivity index (χ3n) is 3.12. The summed E-state index contributed by atoms with van der Waals surface area (Å²) in [5.41, 5.74) is 0. The smallest absolute Gasteiger partial charge is 0.157 e. The van der Waals surface area contributed by atoms with Crippen molar-refractivity contribution < 1.29 is 0 Å². The van der Waals surface area contributed by atoms with E-state index in [1.807, 2.05) is 11.8 Å². The zero-order chi connectivity index (χ0) is 10.1. The van der Waals surface area contributed by atoms with E-state index in [1.165, 1.54) is 23.8 Å². The Labute approximate surface area is 90.9 Å². The molecule has 1 aliphatic carbocycles. The molecule has 0 saturated heterocycles. The van der Waals surface area contributed by atoms with Crippen LogP contribution in [0.15, 0.2) is 4.99 Å². The summed E-state index contributed by atoms with van der Waals surface area (Å²) in [4.78, 5) is 4.76. The maximum absolute atomic E-state index is 4.76. The Hall–Kier alpha value is -0.180. The second kappa shape index (κ2) is 4.13. The molecule has 1 aliphatic heterocycles. The maximum atomic E-state index is 4.76. The number of nitrogens with zero attached hydrogens (tertiary/aromatic N) is 1. The largest absolute Gasteiger partial charge is 0.362 e. The average molecular weight is 212 g/mol.